The van der Waals surface area contributed by atoms with Crippen LogP contribution in [0.4, 0.5) is 5.69 Å². The number of fused-ring (bicyclic) bond motifs is 1. The van der Waals surface area contributed by atoms with E-state index >= 15 is 0 Å². The summed E-state index contributed by atoms with van der Waals surface area (Å²) in [5.74, 6) is -0.808. The SMILES string of the molecule is CC(=O)OCCC1SC(N=Nc2c(O)[nH]c3ccc(C)cc23)=NC1=O. The van der Waals surface area contributed by atoms with Crippen LogP contribution in [0, 0.1) is 6.92 Å². The lowest BCUT2D eigenvalue weighted by molar-refractivity contribution is -0.141. The highest BCUT2D eigenvalue weighted by atomic mass is 32.2. The van der Waals surface area contributed by atoms with E-state index in [1.807, 2.05) is 25.1 Å². The van der Waals surface area contributed by atoms with Crippen molar-refractivity contribution in [3.63, 3.8) is 0 Å². The fourth-order valence-corrected chi connectivity index (χ4v) is 3.23. The minimum absolute atomic E-state index is 0.0920. The summed E-state index contributed by atoms with van der Waals surface area (Å²) in [5, 5.41) is 18.6. The molecule has 1 unspecified atom stereocenters. The Morgan fingerprint density at radius 2 is 2.24 bits per heavy atom. The molecule has 1 aromatic carbocycles. The Labute approximate surface area is 147 Å². The third kappa shape index (κ3) is 3.87. The van der Waals surface area contributed by atoms with E-state index in [4.69, 9.17) is 4.74 Å². The number of aryl methyl sites for hydroxylation is 1. The van der Waals surface area contributed by atoms with Crippen LogP contribution in [0.2, 0.25) is 0 Å². The van der Waals surface area contributed by atoms with Gasteiger partial charge in [-0.1, -0.05) is 23.4 Å². The molecule has 0 aliphatic carbocycles. The fraction of sp³-hybridized carbons (Fsp3) is 0.312. The van der Waals surface area contributed by atoms with Gasteiger partial charge in [0.15, 0.2) is 5.69 Å². The summed E-state index contributed by atoms with van der Waals surface area (Å²) in [7, 11) is 0. The van der Waals surface area contributed by atoms with E-state index in [9.17, 15) is 14.7 Å². The number of rotatable bonds is 4. The number of nitrogens with zero attached hydrogens (tertiary/aromatic N) is 3. The molecule has 1 aromatic heterocycles. The molecule has 1 atom stereocenters. The minimum Gasteiger partial charge on any atom is -0.493 e. The van der Waals surface area contributed by atoms with Gasteiger partial charge in [0.1, 0.15) is 0 Å². The number of carbonyl (C=O) groups excluding carboxylic acids is 2. The molecule has 130 valence electrons. The smallest absolute Gasteiger partial charge is 0.302 e. The van der Waals surface area contributed by atoms with Crippen LogP contribution < -0.4 is 0 Å². The second-order valence-corrected chi connectivity index (χ2v) is 6.71. The summed E-state index contributed by atoms with van der Waals surface area (Å²) in [4.78, 5) is 29.3. The summed E-state index contributed by atoms with van der Waals surface area (Å²) in [6.07, 6.45) is 0.364. The van der Waals surface area contributed by atoms with E-state index in [1.165, 1.54) is 6.92 Å². The highest BCUT2D eigenvalue weighted by molar-refractivity contribution is 8.15. The zero-order chi connectivity index (χ0) is 18.0. The first kappa shape index (κ1) is 17.2. The Balaban J connectivity index is 1.72. The molecule has 8 nitrogen and oxygen atoms in total. The average Bonchev–Trinajstić information content (AvgIpc) is 3.04. The third-order valence-electron chi connectivity index (χ3n) is 3.56. The van der Waals surface area contributed by atoms with Gasteiger partial charge in [0.2, 0.25) is 11.0 Å². The van der Waals surface area contributed by atoms with Crippen molar-refractivity contribution in [2.24, 2.45) is 15.2 Å². The van der Waals surface area contributed by atoms with E-state index in [0.717, 1.165) is 28.2 Å². The zero-order valence-corrected chi connectivity index (χ0v) is 14.5. The van der Waals surface area contributed by atoms with Crippen LogP contribution in [-0.2, 0) is 14.3 Å². The Hall–Kier alpha value is -2.68. The normalized spacial score (nSPS) is 17.4. The molecule has 0 bridgehead atoms. The topological polar surface area (TPSA) is 116 Å². The lowest BCUT2D eigenvalue weighted by atomic mass is 10.2. The van der Waals surface area contributed by atoms with Crippen molar-refractivity contribution in [1.29, 1.82) is 0 Å². The number of H-pyrrole nitrogens is 1. The van der Waals surface area contributed by atoms with E-state index in [-0.39, 0.29) is 29.5 Å². The van der Waals surface area contributed by atoms with Crippen LogP contribution >= 0.6 is 11.8 Å². The molecule has 3 rings (SSSR count). The van der Waals surface area contributed by atoms with Gasteiger partial charge in [-0.3, -0.25) is 9.59 Å². The standard InChI is InChI=1S/C16H16N4O4S/c1-8-3-4-11-10(7-8)13(15(23)17-11)19-20-16-18-14(22)12(25-16)5-6-24-9(2)21/h3-4,7,12,17,23H,5-6H2,1-2H3. The number of esters is 1. The number of aromatic hydroxyl groups is 1. The number of benzene rings is 1. The van der Waals surface area contributed by atoms with Gasteiger partial charge in [-0.15, -0.1) is 10.2 Å². The first-order valence-electron chi connectivity index (χ1n) is 7.59. The molecule has 0 saturated carbocycles. The van der Waals surface area contributed by atoms with Crippen LogP contribution in [0.1, 0.15) is 18.9 Å². The van der Waals surface area contributed by atoms with E-state index < -0.39 is 5.25 Å². The number of aliphatic imine (C=N–C) groups is 1. The van der Waals surface area contributed by atoms with Gasteiger partial charge >= 0.3 is 5.97 Å². The number of azo groups is 1. The Morgan fingerprint density at radius 3 is 3.00 bits per heavy atom. The van der Waals surface area contributed by atoms with Crippen LogP contribution in [0.25, 0.3) is 10.9 Å². The molecule has 0 radical (unpaired) electrons. The van der Waals surface area contributed by atoms with Gasteiger partial charge in [-0.25, -0.2) is 0 Å². The number of nitrogens with one attached hydrogen (secondary N) is 1. The molecule has 2 N–H and O–H groups in total. The second-order valence-electron chi connectivity index (χ2n) is 5.54. The largest absolute Gasteiger partial charge is 0.493 e. The number of thioether (sulfide) groups is 1. The summed E-state index contributed by atoms with van der Waals surface area (Å²) in [5.41, 5.74) is 2.07. The van der Waals surface area contributed by atoms with Crippen LogP contribution in [0.5, 0.6) is 5.88 Å². The molecule has 9 heteroatoms. The maximum Gasteiger partial charge on any atom is 0.302 e. The summed E-state index contributed by atoms with van der Waals surface area (Å²) >= 11 is 1.16. The number of ether oxygens (including phenoxy) is 1. The molecule has 2 heterocycles. The van der Waals surface area contributed by atoms with Gasteiger partial charge in [0, 0.05) is 18.7 Å². The molecule has 25 heavy (non-hydrogen) atoms. The van der Waals surface area contributed by atoms with Crippen LogP contribution in [0.15, 0.2) is 33.4 Å². The van der Waals surface area contributed by atoms with Crippen molar-refractivity contribution < 1.29 is 19.4 Å². The number of hydrogen-bond acceptors (Lipinski definition) is 7. The quantitative estimate of drug-likeness (QED) is 0.641. The number of aromatic nitrogens is 1. The first-order chi connectivity index (χ1) is 11.9. The van der Waals surface area contributed by atoms with Gasteiger partial charge in [-0.2, -0.15) is 4.99 Å². The minimum atomic E-state index is -0.438. The Morgan fingerprint density at radius 1 is 1.44 bits per heavy atom. The van der Waals surface area contributed by atoms with Crippen LogP contribution in [-0.4, -0.2) is 39.0 Å². The third-order valence-corrected chi connectivity index (χ3v) is 4.66. The molecular weight excluding hydrogens is 344 g/mol. The molecule has 0 saturated heterocycles. The molecular formula is C16H16N4O4S. The van der Waals surface area contributed by atoms with E-state index in [2.05, 4.69) is 20.2 Å². The molecule has 1 aliphatic heterocycles. The molecule has 1 aliphatic rings. The number of carbonyl (C=O) groups is 2. The van der Waals surface area contributed by atoms with Crippen LogP contribution in [0.3, 0.4) is 0 Å². The summed E-state index contributed by atoms with van der Waals surface area (Å²) in [6.45, 7) is 3.41. The first-order valence-corrected chi connectivity index (χ1v) is 8.47. The van der Waals surface area contributed by atoms with Crippen molar-refractivity contribution in [2.75, 3.05) is 6.61 Å². The van der Waals surface area contributed by atoms with Gasteiger partial charge in [0.05, 0.1) is 17.4 Å². The van der Waals surface area contributed by atoms with E-state index in [0.29, 0.717) is 12.1 Å². The molecule has 0 spiro atoms. The zero-order valence-electron chi connectivity index (χ0n) is 13.6. The summed E-state index contributed by atoms with van der Waals surface area (Å²) < 4.78 is 4.83. The fourth-order valence-electron chi connectivity index (χ4n) is 2.38. The lowest BCUT2D eigenvalue weighted by Crippen LogP contribution is -2.14. The van der Waals surface area contributed by atoms with Crippen molar-refractivity contribution in [3.8, 4) is 5.88 Å². The Bertz CT molecular complexity index is 903. The predicted molar refractivity (Wildman–Crippen MR) is 94.3 cm³/mol. The number of aromatic amines is 1. The highest BCUT2D eigenvalue weighted by Crippen LogP contribution is 2.36. The van der Waals surface area contributed by atoms with Gasteiger partial charge in [0.25, 0.3) is 5.91 Å². The Kier molecular flexibility index (Phi) is 4.84. The molecule has 0 fully saturated rings. The molecule has 2 aromatic rings. The van der Waals surface area contributed by atoms with Crippen molar-refractivity contribution in [2.45, 2.75) is 25.5 Å². The van der Waals surface area contributed by atoms with E-state index in [1.54, 1.807) is 0 Å². The van der Waals surface area contributed by atoms with Crippen molar-refractivity contribution >= 4 is 45.4 Å². The monoisotopic (exact) mass is 360 g/mol. The van der Waals surface area contributed by atoms with Gasteiger partial charge < -0.3 is 14.8 Å². The predicted octanol–water partition coefficient (Wildman–Crippen LogP) is 3.22. The number of amides is 1. The number of hydrogen-bond donors (Lipinski definition) is 2. The summed E-state index contributed by atoms with van der Waals surface area (Å²) in [6, 6.07) is 5.65. The maximum atomic E-state index is 11.8. The second kappa shape index (κ2) is 7.06. The lowest BCUT2D eigenvalue weighted by Gasteiger charge is -2.05. The maximum absolute atomic E-state index is 11.8. The van der Waals surface area contributed by atoms with Crippen molar-refractivity contribution in [1.82, 2.24) is 4.98 Å². The van der Waals surface area contributed by atoms with Crippen molar-refractivity contribution in [3.05, 3.63) is 23.8 Å². The average molecular weight is 360 g/mol. The van der Waals surface area contributed by atoms with Gasteiger partial charge in [-0.05, 0) is 19.1 Å². The highest BCUT2D eigenvalue weighted by Gasteiger charge is 2.28. The number of amidine groups is 1. The molecule has 1 amide bonds.